The van der Waals surface area contributed by atoms with Crippen LogP contribution in [0.4, 0.5) is 5.69 Å². The van der Waals surface area contributed by atoms with Gasteiger partial charge in [0.05, 0.1) is 12.6 Å². The fraction of sp³-hybridized carbons (Fsp3) is 0.333. The number of rotatable bonds is 5. The molecular formula is C15H19NOS. The molecule has 0 spiro atoms. The molecule has 2 nitrogen and oxygen atoms in total. The third-order valence-electron chi connectivity index (χ3n) is 2.98. The topological polar surface area (TPSA) is 21.3 Å². The molecule has 0 radical (unpaired) electrons. The molecule has 0 aliphatic rings. The van der Waals surface area contributed by atoms with E-state index in [2.05, 4.69) is 48.8 Å². The van der Waals surface area contributed by atoms with Crippen molar-refractivity contribution in [2.75, 3.05) is 12.4 Å². The van der Waals surface area contributed by atoms with E-state index in [9.17, 15) is 0 Å². The number of hydrogen-bond acceptors (Lipinski definition) is 3. The van der Waals surface area contributed by atoms with Gasteiger partial charge in [-0.15, -0.1) is 11.3 Å². The van der Waals surface area contributed by atoms with Crippen molar-refractivity contribution < 1.29 is 4.74 Å². The maximum absolute atomic E-state index is 5.23. The molecule has 0 aliphatic heterocycles. The van der Waals surface area contributed by atoms with Gasteiger partial charge in [0, 0.05) is 23.2 Å². The maximum atomic E-state index is 5.23. The van der Waals surface area contributed by atoms with Crippen LogP contribution in [0.1, 0.15) is 29.0 Å². The summed E-state index contributed by atoms with van der Waals surface area (Å²) in [7, 11) is 1.73. The molecule has 1 heterocycles. The summed E-state index contributed by atoms with van der Waals surface area (Å²) in [6.45, 7) is 4.99. The molecule has 0 amide bonds. The van der Waals surface area contributed by atoms with E-state index in [1.807, 2.05) is 6.07 Å². The molecule has 18 heavy (non-hydrogen) atoms. The van der Waals surface area contributed by atoms with E-state index < -0.39 is 0 Å². The van der Waals surface area contributed by atoms with Gasteiger partial charge in [0.1, 0.15) is 0 Å². The number of hydrogen-bond donors (Lipinski definition) is 1. The van der Waals surface area contributed by atoms with Crippen molar-refractivity contribution in [2.45, 2.75) is 26.5 Å². The second-order valence-electron chi connectivity index (χ2n) is 4.42. The Morgan fingerprint density at radius 2 is 2.06 bits per heavy atom. The van der Waals surface area contributed by atoms with Crippen LogP contribution in [0.2, 0.25) is 0 Å². The average molecular weight is 261 g/mol. The van der Waals surface area contributed by atoms with Gasteiger partial charge in [-0.2, -0.15) is 0 Å². The largest absolute Gasteiger partial charge is 0.380 e. The molecule has 0 saturated carbocycles. The highest BCUT2D eigenvalue weighted by Crippen LogP contribution is 2.28. The average Bonchev–Trinajstić information content (AvgIpc) is 2.78. The van der Waals surface area contributed by atoms with Crippen LogP contribution in [0.25, 0.3) is 0 Å². The molecule has 96 valence electrons. The Labute approximate surface area is 113 Å². The van der Waals surface area contributed by atoms with E-state index in [0.717, 1.165) is 5.69 Å². The van der Waals surface area contributed by atoms with Crippen LogP contribution in [0, 0.1) is 6.92 Å². The highest BCUT2D eigenvalue weighted by Gasteiger charge is 2.11. The van der Waals surface area contributed by atoms with Gasteiger partial charge in [-0.3, -0.25) is 0 Å². The lowest BCUT2D eigenvalue weighted by molar-refractivity contribution is 0.185. The Balaban J connectivity index is 2.16. The number of thiophene rings is 1. The Kier molecular flexibility index (Phi) is 4.39. The number of anilines is 1. The van der Waals surface area contributed by atoms with Crippen LogP contribution in [0.3, 0.4) is 0 Å². The summed E-state index contributed by atoms with van der Waals surface area (Å²) in [5.74, 6) is 0. The normalized spacial score (nSPS) is 12.4. The molecule has 1 aromatic carbocycles. The Hall–Kier alpha value is -1.32. The first-order valence-electron chi connectivity index (χ1n) is 6.09. The Morgan fingerprint density at radius 3 is 2.72 bits per heavy atom. The summed E-state index contributed by atoms with van der Waals surface area (Å²) in [5, 5.41) is 5.71. The lowest BCUT2D eigenvalue weighted by Crippen LogP contribution is -2.08. The number of nitrogens with one attached hydrogen (secondary N) is 1. The highest BCUT2D eigenvalue weighted by molar-refractivity contribution is 7.10. The van der Waals surface area contributed by atoms with E-state index in [4.69, 9.17) is 4.74 Å². The minimum Gasteiger partial charge on any atom is -0.380 e. The first kappa shape index (κ1) is 13.1. The minimum absolute atomic E-state index is 0.322. The molecule has 3 heteroatoms. The molecule has 0 bridgehead atoms. The second kappa shape index (κ2) is 6.03. The van der Waals surface area contributed by atoms with Crippen molar-refractivity contribution in [3.05, 3.63) is 51.7 Å². The van der Waals surface area contributed by atoms with Gasteiger partial charge in [-0.25, -0.2) is 0 Å². The first-order valence-corrected chi connectivity index (χ1v) is 6.97. The van der Waals surface area contributed by atoms with Gasteiger partial charge in [-0.1, -0.05) is 18.2 Å². The zero-order valence-electron chi connectivity index (χ0n) is 11.1. The van der Waals surface area contributed by atoms with Gasteiger partial charge in [0.2, 0.25) is 0 Å². The third kappa shape index (κ3) is 2.92. The summed E-state index contributed by atoms with van der Waals surface area (Å²) in [6.07, 6.45) is 0. The Morgan fingerprint density at radius 1 is 1.28 bits per heavy atom. The van der Waals surface area contributed by atoms with Crippen molar-refractivity contribution in [1.82, 2.24) is 0 Å². The molecule has 2 rings (SSSR count). The highest BCUT2D eigenvalue weighted by atomic mass is 32.1. The smallest absolute Gasteiger partial charge is 0.0733 e. The van der Waals surface area contributed by atoms with Gasteiger partial charge in [0.15, 0.2) is 0 Å². The van der Waals surface area contributed by atoms with E-state index in [1.165, 1.54) is 16.0 Å². The predicted molar refractivity (Wildman–Crippen MR) is 78.2 cm³/mol. The van der Waals surface area contributed by atoms with Crippen molar-refractivity contribution in [3.8, 4) is 0 Å². The van der Waals surface area contributed by atoms with Crippen LogP contribution in [-0.4, -0.2) is 7.11 Å². The molecule has 0 aliphatic carbocycles. The van der Waals surface area contributed by atoms with Crippen LogP contribution in [0.5, 0.6) is 0 Å². The van der Waals surface area contributed by atoms with Crippen molar-refractivity contribution in [1.29, 1.82) is 0 Å². The summed E-state index contributed by atoms with van der Waals surface area (Å²) in [4.78, 5) is 1.39. The van der Waals surface area contributed by atoms with Gasteiger partial charge < -0.3 is 10.1 Å². The Bertz CT molecular complexity index is 507. The fourth-order valence-electron chi connectivity index (χ4n) is 2.07. The fourth-order valence-corrected chi connectivity index (χ4v) is 3.01. The first-order chi connectivity index (χ1) is 8.72. The minimum atomic E-state index is 0.322. The SMILES string of the molecule is COCc1ccccc1NC(C)c1sccc1C. The van der Waals surface area contributed by atoms with Crippen LogP contribution in [0.15, 0.2) is 35.7 Å². The second-order valence-corrected chi connectivity index (χ2v) is 5.37. The van der Waals surface area contributed by atoms with Gasteiger partial charge >= 0.3 is 0 Å². The molecule has 1 N–H and O–H groups in total. The monoisotopic (exact) mass is 261 g/mol. The molecule has 0 fully saturated rings. The number of benzene rings is 1. The summed E-state index contributed by atoms with van der Waals surface area (Å²) < 4.78 is 5.23. The van der Waals surface area contributed by atoms with E-state index >= 15 is 0 Å². The zero-order valence-corrected chi connectivity index (χ0v) is 11.9. The van der Waals surface area contributed by atoms with Gasteiger partial charge in [0.25, 0.3) is 0 Å². The van der Waals surface area contributed by atoms with Crippen LogP contribution in [-0.2, 0) is 11.3 Å². The molecular weight excluding hydrogens is 242 g/mol. The zero-order chi connectivity index (χ0) is 13.0. The van der Waals surface area contributed by atoms with Crippen molar-refractivity contribution >= 4 is 17.0 Å². The van der Waals surface area contributed by atoms with Crippen LogP contribution >= 0.6 is 11.3 Å². The molecule has 2 aromatic rings. The van der Waals surface area contributed by atoms with Crippen LogP contribution < -0.4 is 5.32 Å². The molecule has 0 saturated heterocycles. The summed E-state index contributed by atoms with van der Waals surface area (Å²) >= 11 is 1.80. The quantitative estimate of drug-likeness (QED) is 0.862. The lowest BCUT2D eigenvalue weighted by atomic mass is 10.1. The third-order valence-corrected chi connectivity index (χ3v) is 4.19. The number of ether oxygens (including phenoxy) is 1. The van der Waals surface area contributed by atoms with Crippen molar-refractivity contribution in [2.24, 2.45) is 0 Å². The van der Waals surface area contributed by atoms with E-state index in [0.29, 0.717) is 12.6 Å². The summed E-state index contributed by atoms with van der Waals surface area (Å²) in [6, 6.07) is 10.8. The number of aryl methyl sites for hydroxylation is 1. The van der Waals surface area contributed by atoms with Gasteiger partial charge in [-0.05, 0) is 36.9 Å². The summed E-state index contributed by atoms with van der Waals surface area (Å²) in [5.41, 5.74) is 3.70. The van der Waals surface area contributed by atoms with E-state index in [1.54, 1.807) is 18.4 Å². The molecule has 1 unspecified atom stereocenters. The molecule has 1 aromatic heterocycles. The molecule has 1 atom stereocenters. The lowest BCUT2D eigenvalue weighted by Gasteiger charge is -2.17. The number of para-hydroxylation sites is 1. The van der Waals surface area contributed by atoms with Crippen molar-refractivity contribution in [3.63, 3.8) is 0 Å². The number of methoxy groups -OCH3 is 1. The standard InChI is InChI=1S/C15H19NOS/c1-11-8-9-18-15(11)12(2)16-14-7-5-4-6-13(14)10-17-3/h4-9,12,16H,10H2,1-3H3. The predicted octanol–water partition coefficient (Wildman–Crippen LogP) is 4.38. The maximum Gasteiger partial charge on any atom is 0.0733 e. The van der Waals surface area contributed by atoms with E-state index in [-0.39, 0.29) is 0 Å².